The Kier molecular flexibility index (Phi) is 4.36. The Labute approximate surface area is 91.5 Å². The summed E-state index contributed by atoms with van der Waals surface area (Å²) >= 11 is 0. The molecule has 0 unspecified atom stereocenters. The predicted molar refractivity (Wildman–Crippen MR) is 62.3 cm³/mol. The van der Waals surface area contributed by atoms with Gasteiger partial charge in [0.25, 0.3) is 0 Å². The lowest BCUT2D eigenvalue weighted by Crippen LogP contribution is -2.34. The third kappa shape index (κ3) is 3.09. The van der Waals surface area contributed by atoms with E-state index in [0.717, 1.165) is 5.56 Å². The number of terminal acetylenes is 1. The number of hydrogen-bond acceptors (Lipinski definition) is 2. The maximum atomic E-state index is 10.1. The van der Waals surface area contributed by atoms with Crippen molar-refractivity contribution in [3.63, 3.8) is 0 Å². The third-order valence-corrected chi connectivity index (χ3v) is 2.63. The number of rotatable bonds is 4. The van der Waals surface area contributed by atoms with Gasteiger partial charge in [0.1, 0.15) is 0 Å². The number of aliphatic hydroxyl groups is 1. The summed E-state index contributed by atoms with van der Waals surface area (Å²) in [7, 11) is 1.91. The zero-order valence-corrected chi connectivity index (χ0v) is 9.22. The average Bonchev–Trinajstić information content (AvgIpc) is 2.28. The summed E-state index contributed by atoms with van der Waals surface area (Å²) in [5, 5.41) is 10.1. The van der Waals surface area contributed by atoms with E-state index < -0.39 is 6.10 Å². The molecule has 15 heavy (non-hydrogen) atoms. The SMILES string of the molecule is C#CCN(C)[C@H](C)[C@@H](O)c1ccccc1. The topological polar surface area (TPSA) is 23.5 Å². The molecule has 1 aromatic carbocycles. The highest BCUT2D eigenvalue weighted by molar-refractivity contribution is 5.18. The van der Waals surface area contributed by atoms with E-state index in [-0.39, 0.29) is 6.04 Å². The first-order chi connectivity index (χ1) is 7.16. The molecule has 0 saturated heterocycles. The van der Waals surface area contributed by atoms with Crippen LogP contribution in [0.2, 0.25) is 0 Å². The van der Waals surface area contributed by atoms with Crippen molar-refractivity contribution in [2.24, 2.45) is 0 Å². The molecule has 1 rings (SSSR count). The van der Waals surface area contributed by atoms with Crippen molar-refractivity contribution >= 4 is 0 Å². The van der Waals surface area contributed by atoms with Gasteiger partial charge in [0, 0.05) is 6.04 Å². The van der Waals surface area contributed by atoms with Crippen LogP contribution >= 0.6 is 0 Å². The highest BCUT2D eigenvalue weighted by Crippen LogP contribution is 2.19. The molecule has 2 nitrogen and oxygen atoms in total. The minimum atomic E-state index is -0.496. The zero-order valence-electron chi connectivity index (χ0n) is 9.22. The lowest BCUT2D eigenvalue weighted by molar-refractivity contribution is 0.0796. The predicted octanol–water partition coefficient (Wildman–Crippen LogP) is 1.67. The molecule has 1 aromatic rings. The Morgan fingerprint density at radius 3 is 2.53 bits per heavy atom. The van der Waals surface area contributed by atoms with Crippen molar-refractivity contribution in [2.75, 3.05) is 13.6 Å². The maximum absolute atomic E-state index is 10.1. The van der Waals surface area contributed by atoms with E-state index in [2.05, 4.69) is 5.92 Å². The summed E-state index contributed by atoms with van der Waals surface area (Å²) in [6, 6.07) is 9.64. The van der Waals surface area contributed by atoms with E-state index >= 15 is 0 Å². The molecule has 0 aliphatic carbocycles. The van der Waals surface area contributed by atoms with Gasteiger partial charge in [0.05, 0.1) is 12.6 Å². The van der Waals surface area contributed by atoms with Gasteiger partial charge in [-0.25, -0.2) is 0 Å². The van der Waals surface area contributed by atoms with Gasteiger partial charge in [-0.3, -0.25) is 4.90 Å². The minimum Gasteiger partial charge on any atom is -0.387 e. The van der Waals surface area contributed by atoms with Crippen LogP contribution in [0, 0.1) is 12.3 Å². The Morgan fingerprint density at radius 2 is 2.00 bits per heavy atom. The minimum absolute atomic E-state index is 0.0171. The Bertz CT molecular complexity index is 328. The average molecular weight is 203 g/mol. The molecule has 0 fully saturated rings. The fourth-order valence-corrected chi connectivity index (χ4v) is 1.46. The lowest BCUT2D eigenvalue weighted by Gasteiger charge is -2.27. The van der Waals surface area contributed by atoms with E-state index in [9.17, 15) is 5.11 Å². The normalized spacial score (nSPS) is 14.6. The van der Waals surface area contributed by atoms with Crippen molar-refractivity contribution in [3.8, 4) is 12.3 Å². The Hall–Kier alpha value is -1.30. The third-order valence-electron chi connectivity index (χ3n) is 2.63. The second-order valence-electron chi connectivity index (χ2n) is 3.72. The van der Waals surface area contributed by atoms with Crippen molar-refractivity contribution in [1.82, 2.24) is 4.90 Å². The molecule has 0 spiro atoms. The summed E-state index contributed by atoms with van der Waals surface area (Å²) in [6.45, 7) is 2.51. The molecule has 0 radical (unpaired) electrons. The lowest BCUT2D eigenvalue weighted by atomic mass is 10.0. The quantitative estimate of drug-likeness (QED) is 0.752. The van der Waals surface area contributed by atoms with Gasteiger partial charge in [-0.2, -0.15) is 0 Å². The van der Waals surface area contributed by atoms with E-state index in [1.54, 1.807) is 0 Å². The van der Waals surface area contributed by atoms with Crippen molar-refractivity contribution in [3.05, 3.63) is 35.9 Å². The summed E-state index contributed by atoms with van der Waals surface area (Å²) in [5.74, 6) is 2.57. The van der Waals surface area contributed by atoms with Crippen LogP contribution in [0.25, 0.3) is 0 Å². The first-order valence-electron chi connectivity index (χ1n) is 5.03. The monoisotopic (exact) mass is 203 g/mol. The van der Waals surface area contributed by atoms with E-state index in [1.807, 2.05) is 49.2 Å². The van der Waals surface area contributed by atoms with Crippen LogP contribution in [0.5, 0.6) is 0 Å². The van der Waals surface area contributed by atoms with Crippen molar-refractivity contribution in [2.45, 2.75) is 19.1 Å². The molecule has 0 saturated carbocycles. The van der Waals surface area contributed by atoms with Gasteiger partial charge in [0.2, 0.25) is 0 Å². The van der Waals surface area contributed by atoms with E-state index in [4.69, 9.17) is 6.42 Å². The molecule has 0 bridgehead atoms. The molecule has 2 heteroatoms. The van der Waals surface area contributed by atoms with Crippen LogP contribution < -0.4 is 0 Å². The van der Waals surface area contributed by atoms with Crippen LogP contribution in [-0.2, 0) is 0 Å². The highest BCUT2D eigenvalue weighted by atomic mass is 16.3. The van der Waals surface area contributed by atoms with Crippen molar-refractivity contribution in [1.29, 1.82) is 0 Å². The number of nitrogens with zero attached hydrogens (tertiary/aromatic N) is 1. The molecule has 80 valence electrons. The summed E-state index contributed by atoms with van der Waals surface area (Å²) < 4.78 is 0. The highest BCUT2D eigenvalue weighted by Gasteiger charge is 2.19. The van der Waals surface area contributed by atoms with Gasteiger partial charge in [-0.15, -0.1) is 6.42 Å². The van der Waals surface area contributed by atoms with Gasteiger partial charge in [-0.05, 0) is 19.5 Å². The molecule has 0 amide bonds. The number of benzene rings is 1. The van der Waals surface area contributed by atoms with E-state index in [0.29, 0.717) is 6.54 Å². The van der Waals surface area contributed by atoms with Crippen LogP contribution in [-0.4, -0.2) is 29.6 Å². The first kappa shape index (κ1) is 11.8. The van der Waals surface area contributed by atoms with Gasteiger partial charge >= 0.3 is 0 Å². The molecule has 0 aliphatic rings. The molecule has 2 atom stereocenters. The molecule has 0 aromatic heterocycles. The Balaban J connectivity index is 2.69. The fraction of sp³-hybridized carbons (Fsp3) is 0.385. The second kappa shape index (κ2) is 5.55. The maximum Gasteiger partial charge on any atom is 0.0942 e. The number of aliphatic hydroxyl groups excluding tert-OH is 1. The van der Waals surface area contributed by atoms with Gasteiger partial charge in [-0.1, -0.05) is 36.3 Å². The fourth-order valence-electron chi connectivity index (χ4n) is 1.46. The summed E-state index contributed by atoms with van der Waals surface area (Å²) in [5.41, 5.74) is 0.925. The second-order valence-corrected chi connectivity index (χ2v) is 3.72. The van der Waals surface area contributed by atoms with Crippen LogP contribution in [0.1, 0.15) is 18.6 Å². The molecule has 1 N–H and O–H groups in total. The molecule has 0 heterocycles. The number of hydrogen-bond donors (Lipinski definition) is 1. The van der Waals surface area contributed by atoms with Crippen LogP contribution in [0.3, 0.4) is 0 Å². The number of likely N-dealkylation sites (N-methyl/N-ethyl adjacent to an activating group) is 1. The smallest absolute Gasteiger partial charge is 0.0942 e. The van der Waals surface area contributed by atoms with Gasteiger partial charge < -0.3 is 5.11 Å². The molecular weight excluding hydrogens is 186 g/mol. The summed E-state index contributed by atoms with van der Waals surface area (Å²) in [6.07, 6.45) is 4.74. The Morgan fingerprint density at radius 1 is 1.40 bits per heavy atom. The largest absolute Gasteiger partial charge is 0.387 e. The standard InChI is InChI=1S/C13H17NO/c1-4-10-14(3)11(2)13(15)12-8-6-5-7-9-12/h1,5-9,11,13,15H,10H2,2-3H3/t11-,13-/m1/s1. The molecular formula is C13H17NO. The zero-order chi connectivity index (χ0) is 11.3. The van der Waals surface area contributed by atoms with Crippen LogP contribution in [0.15, 0.2) is 30.3 Å². The first-order valence-corrected chi connectivity index (χ1v) is 5.03. The van der Waals surface area contributed by atoms with Crippen molar-refractivity contribution < 1.29 is 5.11 Å². The van der Waals surface area contributed by atoms with E-state index in [1.165, 1.54) is 0 Å². The molecule has 0 aliphatic heterocycles. The summed E-state index contributed by atoms with van der Waals surface area (Å²) in [4.78, 5) is 1.96. The van der Waals surface area contributed by atoms with Crippen LogP contribution in [0.4, 0.5) is 0 Å². The van der Waals surface area contributed by atoms with Gasteiger partial charge in [0.15, 0.2) is 0 Å².